The second-order valence-electron chi connectivity index (χ2n) is 8.03. The number of amides is 1. The Morgan fingerprint density at radius 2 is 1.82 bits per heavy atom. The van der Waals surface area contributed by atoms with Gasteiger partial charge < -0.3 is 15.1 Å². The number of halogens is 1. The molecule has 2 N–H and O–H groups in total. The summed E-state index contributed by atoms with van der Waals surface area (Å²) >= 11 is 3.24. The highest BCUT2D eigenvalue weighted by Gasteiger charge is 2.19. The number of hydrogen-bond donors (Lipinski definition) is 2. The first kappa shape index (κ1) is 21.1. The SMILES string of the molecule is CC(N[C@@H](C)CC1CCCCCC1)c1ccccc1NC(=O)c1ccc(Br)o1. The Morgan fingerprint density at radius 3 is 2.50 bits per heavy atom. The van der Waals surface area contributed by atoms with Crippen LogP contribution in [0.3, 0.4) is 0 Å². The Morgan fingerprint density at radius 1 is 1.11 bits per heavy atom. The second kappa shape index (κ2) is 10.3. The zero-order valence-electron chi connectivity index (χ0n) is 16.8. The van der Waals surface area contributed by atoms with Gasteiger partial charge in [-0.1, -0.05) is 56.7 Å². The van der Waals surface area contributed by atoms with Crippen LogP contribution in [0.25, 0.3) is 0 Å². The molecule has 0 aliphatic heterocycles. The van der Waals surface area contributed by atoms with Crippen LogP contribution >= 0.6 is 15.9 Å². The van der Waals surface area contributed by atoms with Gasteiger partial charge in [0.1, 0.15) is 0 Å². The van der Waals surface area contributed by atoms with Gasteiger partial charge in [0.2, 0.25) is 0 Å². The van der Waals surface area contributed by atoms with Crippen LogP contribution in [-0.2, 0) is 0 Å². The van der Waals surface area contributed by atoms with Crippen molar-refractivity contribution in [1.82, 2.24) is 5.32 Å². The molecule has 1 saturated carbocycles. The minimum absolute atomic E-state index is 0.153. The van der Waals surface area contributed by atoms with Crippen LogP contribution < -0.4 is 10.6 Å². The maximum Gasteiger partial charge on any atom is 0.291 e. The molecule has 1 heterocycles. The number of benzene rings is 1. The number of rotatable bonds is 7. The van der Waals surface area contributed by atoms with Crippen LogP contribution in [-0.4, -0.2) is 11.9 Å². The van der Waals surface area contributed by atoms with Gasteiger partial charge in [0.15, 0.2) is 10.4 Å². The Hall–Kier alpha value is -1.59. The summed E-state index contributed by atoms with van der Waals surface area (Å²) in [7, 11) is 0. The van der Waals surface area contributed by atoms with E-state index in [0.29, 0.717) is 16.5 Å². The quantitative estimate of drug-likeness (QED) is 0.465. The van der Waals surface area contributed by atoms with Crippen molar-refractivity contribution in [2.24, 2.45) is 5.92 Å². The van der Waals surface area contributed by atoms with Gasteiger partial charge in [-0.3, -0.25) is 4.79 Å². The summed E-state index contributed by atoms with van der Waals surface area (Å²) in [4.78, 5) is 12.5. The van der Waals surface area contributed by atoms with E-state index in [2.05, 4.69) is 46.5 Å². The molecule has 1 aliphatic carbocycles. The lowest BCUT2D eigenvalue weighted by Gasteiger charge is -2.25. The van der Waals surface area contributed by atoms with E-state index in [9.17, 15) is 4.79 Å². The van der Waals surface area contributed by atoms with E-state index >= 15 is 0 Å². The van der Waals surface area contributed by atoms with Crippen LogP contribution in [0.2, 0.25) is 0 Å². The molecule has 3 rings (SSSR count). The summed E-state index contributed by atoms with van der Waals surface area (Å²) in [5.74, 6) is 0.894. The number of hydrogen-bond acceptors (Lipinski definition) is 3. The van der Waals surface area contributed by atoms with E-state index in [-0.39, 0.29) is 11.9 Å². The van der Waals surface area contributed by atoms with E-state index in [4.69, 9.17) is 4.42 Å². The van der Waals surface area contributed by atoms with Crippen molar-refractivity contribution in [3.05, 3.63) is 52.4 Å². The predicted octanol–water partition coefficient (Wildman–Crippen LogP) is 6.69. The highest BCUT2D eigenvalue weighted by Crippen LogP contribution is 2.28. The molecule has 0 saturated heterocycles. The smallest absolute Gasteiger partial charge is 0.291 e. The molecule has 28 heavy (non-hydrogen) atoms. The number of para-hydroxylation sites is 1. The summed E-state index contributed by atoms with van der Waals surface area (Å²) < 4.78 is 5.92. The molecule has 2 atom stereocenters. The van der Waals surface area contributed by atoms with E-state index < -0.39 is 0 Å². The van der Waals surface area contributed by atoms with Gasteiger partial charge in [0.05, 0.1) is 0 Å². The van der Waals surface area contributed by atoms with Gasteiger partial charge in [-0.25, -0.2) is 0 Å². The van der Waals surface area contributed by atoms with E-state index in [1.807, 2.05) is 18.2 Å². The highest BCUT2D eigenvalue weighted by molar-refractivity contribution is 9.10. The standard InChI is InChI=1S/C23H31BrN2O2/c1-16(15-18-9-5-3-4-6-10-18)25-17(2)19-11-7-8-12-20(19)26-23(27)21-13-14-22(24)28-21/h7-8,11-14,16-18,25H,3-6,9-10,15H2,1-2H3,(H,26,27)/t16-,17?/m0/s1. The third kappa shape index (κ3) is 5.95. The maximum absolute atomic E-state index is 12.5. The van der Waals surface area contributed by atoms with Gasteiger partial charge in [-0.05, 0) is 65.9 Å². The molecule has 4 nitrogen and oxygen atoms in total. The lowest BCUT2D eigenvalue weighted by atomic mass is 9.92. The average Bonchev–Trinajstić information content (AvgIpc) is 2.94. The monoisotopic (exact) mass is 446 g/mol. The second-order valence-corrected chi connectivity index (χ2v) is 8.81. The highest BCUT2D eigenvalue weighted by atomic mass is 79.9. The Kier molecular flexibility index (Phi) is 7.74. The predicted molar refractivity (Wildman–Crippen MR) is 118 cm³/mol. The first-order valence-electron chi connectivity index (χ1n) is 10.4. The molecule has 1 unspecified atom stereocenters. The normalized spacial score (nSPS) is 17.7. The number of carbonyl (C=O) groups excluding carboxylic acids is 1. The molecule has 0 bridgehead atoms. The van der Waals surface area contributed by atoms with Crippen LogP contribution in [0.1, 0.15) is 81.0 Å². The van der Waals surface area contributed by atoms with Crippen LogP contribution in [0, 0.1) is 5.92 Å². The summed E-state index contributed by atoms with van der Waals surface area (Å²) in [6, 6.07) is 12.0. The molecule has 2 aromatic rings. The zero-order valence-corrected chi connectivity index (χ0v) is 18.4. The average molecular weight is 447 g/mol. The van der Waals surface area contributed by atoms with Crippen LogP contribution in [0.15, 0.2) is 45.5 Å². The molecule has 0 radical (unpaired) electrons. The topological polar surface area (TPSA) is 54.3 Å². The molecule has 1 fully saturated rings. The summed E-state index contributed by atoms with van der Waals surface area (Å²) in [6.07, 6.45) is 9.51. The third-order valence-corrected chi connectivity index (χ3v) is 6.09. The largest absolute Gasteiger partial charge is 0.444 e. The lowest BCUT2D eigenvalue weighted by molar-refractivity contribution is 0.0995. The van der Waals surface area contributed by atoms with E-state index in [1.165, 1.54) is 44.9 Å². The first-order valence-corrected chi connectivity index (χ1v) is 11.2. The first-order chi connectivity index (χ1) is 13.5. The van der Waals surface area contributed by atoms with Crippen molar-refractivity contribution in [1.29, 1.82) is 0 Å². The van der Waals surface area contributed by atoms with Crippen molar-refractivity contribution < 1.29 is 9.21 Å². The van der Waals surface area contributed by atoms with Crippen LogP contribution in [0.5, 0.6) is 0 Å². The van der Waals surface area contributed by atoms with Gasteiger partial charge in [-0.2, -0.15) is 0 Å². The molecule has 1 aromatic heterocycles. The minimum atomic E-state index is -0.239. The summed E-state index contributed by atoms with van der Waals surface area (Å²) in [6.45, 7) is 4.45. The molecule has 152 valence electrons. The molecule has 1 amide bonds. The molecule has 1 aromatic carbocycles. The Balaban J connectivity index is 1.61. The fourth-order valence-electron chi connectivity index (χ4n) is 4.29. The summed E-state index contributed by atoms with van der Waals surface area (Å²) in [5, 5.41) is 6.73. The zero-order chi connectivity index (χ0) is 19.9. The van der Waals surface area contributed by atoms with Crippen LogP contribution in [0.4, 0.5) is 5.69 Å². The minimum Gasteiger partial charge on any atom is -0.444 e. The Labute approximate surface area is 176 Å². The number of anilines is 1. The van der Waals surface area contributed by atoms with E-state index in [0.717, 1.165) is 17.2 Å². The Bertz CT molecular complexity index is 765. The molecule has 1 aliphatic rings. The molecular formula is C23H31BrN2O2. The van der Waals surface area contributed by atoms with Crippen molar-refractivity contribution in [3.63, 3.8) is 0 Å². The number of nitrogens with one attached hydrogen (secondary N) is 2. The van der Waals surface area contributed by atoms with Crippen molar-refractivity contribution in [3.8, 4) is 0 Å². The molecule has 5 heteroatoms. The third-order valence-electron chi connectivity index (χ3n) is 5.67. The maximum atomic E-state index is 12.5. The van der Waals surface area contributed by atoms with Gasteiger partial charge in [0.25, 0.3) is 5.91 Å². The lowest BCUT2D eigenvalue weighted by Crippen LogP contribution is -2.31. The van der Waals surface area contributed by atoms with E-state index in [1.54, 1.807) is 12.1 Å². The fraction of sp³-hybridized carbons (Fsp3) is 0.522. The molecular weight excluding hydrogens is 416 g/mol. The van der Waals surface area contributed by atoms with Gasteiger partial charge >= 0.3 is 0 Å². The van der Waals surface area contributed by atoms with Crippen molar-refractivity contribution in [2.45, 2.75) is 70.9 Å². The van der Waals surface area contributed by atoms with Gasteiger partial charge in [0, 0.05) is 17.8 Å². The van der Waals surface area contributed by atoms with Gasteiger partial charge in [-0.15, -0.1) is 0 Å². The number of furan rings is 1. The van der Waals surface area contributed by atoms with Crippen molar-refractivity contribution >= 4 is 27.5 Å². The fourth-order valence-corrected chi connectivity index (χ4v) is 4.60. The number of carbonyl (C=O) groups is 1. The molecule has 0 spiro atoms. The summed E-state index contributed by atoms with van der Waals surface area (Å²) in [5.41, 5.74) is 1.91. The van der Waals surface area contributed by atoms with Crippen molar-refractivity contribution in [2.75, 3.05) is 5.32 Å².